The first kappa shape index (κ1) is 10.1. The molecule has 4 nitrogen and oxygen atoms in total. The zero-order valence-corrected chi connectivity index (χ0v) is 8.09. The number of hydrogen-bond donors (Lipinski definition) is 0. The van der Waals surface area contributed by atoms with Crippen LogP contribution in [0.2, 0.25) is 0 Å². The lowest BCUT2D eigenvalue weighted by molar-refractivity contribution is 0.626. The Morgan fingerprint density at radius 1 is 1.44 bits per heavy atom. The van der Waals surface area contributed by atoms with Gasteiger partial charge in [0, 0.05) is 12.4 Å². The number of nitrogens with zero attached hydrogens (tertiary/aromatic N) is 3. The van der Waals surface area contributed by atoms with Gasteiger partial charge in [0.25, 0.3) is 5.56 Å². The van der Waals surface area contributed by atoms with Gasteiger partial charge in [0.15, 0.2) is 0 Å². The Labute approximate surface area is 90.2 Å². The third-order valence-electron chi connectivity index (χ3n) is 2.03. The zero-order valence-electron chi connectivity index (χ0n) is 8.09. The number of rotatable bonds is 1. The molecule has 0 saturated carbocycles. The van der Waals surface area contributed by atoms with Gasteiger partial charge >= 0.3 is 0 Å². The smallest absolute Gasteiger partial charge is 0.280 e. The first-order valence-corrected chi connectivity index (χ1v) is 4.46. The monoisotopic (exact) mass is 215 g/mol. The van der Waals surface area contributed by atoms with E-state index in [0.29, 0.717) is 5.69 Å². The van der Waals surface area contributed by atoms with Crippen LogP contribution in [0.4, 0.5) is 4.39 Å². The summed E-state index contributed by atoms with van der Waals surface area (Å²) in [6.07, 6.45) is 2.71. The molecular formula is C11H6FN3O. The maximum absolute atomic E-state index is 13.0. The predicted octanol–water partition coefficient (Wildman–Crippen LogP) is 1.24. The third-order valence-corrected chi connectivity index (χ3v) is 2.03. The molecule has 1 heterocycles. The van der Waals surface area contributed by atoms with E-state index in [1.54, 1.807) is 12.1 Å². The molecule has 0 N–H and O–H groups in total. The van der Waals surface area contributed by atoms with E-state index in [0.717, 1.165) is 0 Å². The fourth-order valence-corrected chi connectivity index (χ4v) is 1.32. The van der Waals surface area contributed by atoms with Crippen molar-refractivity contribution in [3.05, 3.63) is 58.5 Å². The second kappa shape index (κ2) is 3.95. The van der Waals surface area contributed by atoms with Crippen LogP contribution in [0.5, 0.6) is 0 Å². The Morgan fingerprint density at radius 3 is 2.94 bits per heavy atom. The number of nitriles is 1. The molecule has 1 aromatic heterocycles. The van der Waals surface area contributed by atoms with E-state index in [2.05, 4.69) is 4.98 Å². The molecule has 0 spiro atoms. The van der Waals surface area contributed by atoms with Crippen LogP contribution in [0, 0.1) is 17.1 Å². The van der Waals surface area contributed by atoms with Crippen LogP contribution in [0.1, 0.15) is 5.69 Å². The molecule has 0 aliphatic heterocycles. The van der Waals surface area contributed by atoms with E-state index in [1.807, 2.05) is 0 Å². The van der Waals surface area contributed by atoms with Crippen molar-refractivity contribution in [2.45, 2.75) is 0 Å². The second-order valence-corrected chi connectivity index (χ2v) is 3.04. The van der Waals surface area contributed by atoms with Gasteiger partial charge in [0.2, 0.25) is 5.69 Å². The number of hydrogen-bond acceptors (Lipinski definition) is 3. The molecule has 0 atom stereocenters. The lowest BCUT2D eigenvalue weighted by Gasteiger charge is -2.04. The average molecular weight is 215 g/mol. The van der Waals surface area contributed by atoms with E-state index in [9.17, 15) is 9.18 Å². The first-order chi connectivity index (χ1) is 7.72. The van der Waals surface area contributed by atoms with Gasteiger partial charge in [-0.15, -0.1) is 0 Å². The molecule has 0 bridgehead atoms. The molecular weight excluding hydrogens is 209 g/mol. The highest BCUT2D eigenvalue weighted by molar-refractivity contribution is 5.33. The van der Waals surface area contributed by atoms with Gasteiger partial charge in [-0.25, -0.2) is 9.37 Å². The van der Waals surface area contributed by atoms with Crippen molar-refractivity contribution in [2.75, 3.05) is 0 Å². The van der Waals surface area contributed by atoms with Crippen LogP contribution < -0.4 is 5.56 Å². The second-order valence-electron chi connectivity index (χ2n) is 3.04. The maximum Gasteiger partial charge on any atom is 0.291 e. The van der Waals surface area contributed by atoms with Crippen molar-refractivity contribution < 1.29 is 4.39 Å². The van der Waals surface area contributed by atoms with Crippen molar-refractivity contribution in [3.63, 3.8) is 0 Å². The van der Waals surface area contributed by atoms with E-state index in [1.165, 1.54) is 35.2 Å². The normalized spacial score (nSPS) is 9.75. The Morgan fingerprint density at radius 2 is 2.25 bits per heavy atom. The first-order valence-electron chi connectivity index (χ1n) is 4.46. The summed E-state index contributed by atoms with van der Waals surface area (Å²) in [5, 5.41) is 8.64. The Kier molecular flexibility index (Phi) is 2.48. The predicted molar refractivity (Wildman–Crippen MR) is 54.5 cm³/mol. The molecule has 0 saturated heterocycles. The van der Waals surface area contributed by atoms with Gasteiger partial charge in [-0.05, 0) is 18.2 Å². The summed E-state index contributed by atoms with van der Waals surface area (Å²) in [6.45, 7) is 0. The van der Waals surface area contributed by atoms with Crippen molar-refractivity contribution in [3.8, 4) is 11.8 Å². The van der Waals surface area contributed by atoms with Crippen molar-refractivity contribution in [2.24, 2.45) is 0 Å². The summed E-state index contributed by atoms with van der Waals surface area (Å²) in [6, 6.07) is 7.24. The maximum atomic E-state index is 13.0. The van der Waals surface area contributed by atoms with E-state index < -0.39 is 11.4 Å². The SMILES string of the molecule is N#Cc1nccn(-c2cccc(F)c2)c1=O. The fourth-order valence-electron chi connectivity index (χ4n) is 1.32. The Balaban J connectivity index is 2.67. The minimum absolute atomic E-state index is 0.216. The molecule has 2 aromatic rings. The topological polar surface area (TPSA) is 58.7 Å². The van der Waals surface area contributed by atoms with Crippen LogP contribution in [0.25, 0.3) is 5.69 Å². The molecule has 0 fully saturated rings. The van der Waals surface area contributed by atoms with Crippen LogP contribution in [0.15, 0.2) is 41.5 Å². The summed E-state index contributed by atoms with van der Waals surface area (Å²) in [4.78, 5) is 15.3. The van der Waals surface area contributed by atoms with E-state index in [-0.39, 0.29) is 5.69 Å². The molecule has 0 unspecified atom stereocenters. The number of aromatic nitrogens is 2. The summed E-state index contributed by atoms with van der Waals surface area (Å²) in [5.41, 5.74) is -0.411. The van der Waals surface area contributed by atoms with Crippen LogP contribution in [-0.4, -0.2) is 9.55 Å². The highest BCUT2D eigenvalue weighted by atomic mass is 19.1. The molecule has 78 valence electrons. The average Bonchev–Trinajstić information content (AvgIpc) is 2.29. The van der Waals surface area contributed by atoms with Crippen molar-refractivity contribution in [1.82, 2.24) is 9.55 Å². The minimum atomic E-state index is -0.560. The van der Waals surface area contributed by atoms with Crippen molar-refractivity contribution >= 4 is 0 Å². The highest BCUT2D eigenvalue weighted by Crippen LogP contribution is 2.06. The highest BCUT2D eigenvalue weighted by Gasteiger charge is 2.05. The lowest BCUT2D eigenvalue weighted by atomic mass is 10.3. The minimum Gasteiger partial charge on any atom is -0.280 e. The number of halogens is 1. The van der Waals surface area contributed by atoms with Crippen LogP contribution in [-0.2, 0) is 0 Å². The number of benzene rings is 1. The molecule has 16 heavy (non-hydrogen) atoms. The molecule has 0 amide bonds. The summed E-state index contributed by atoms with van der Waals surface area (Å²) < 4.78 is 14.1. The lowest BCUT2D eigenvalue weighted by Crippen LogP contribution is -2.21. The Bertz CT molecular complexity index is 628. The van der Waals surface area contributed by atoms with Gasteiger partial charge < -0.3 is 0 Å². The summed E-state index contributed by atoms with van der Waals surface area (Å²) in [5.74, 6) is -0.445. The largest absolute Gasteiger partial charge is 0.291 e. The molecule has 0 aliphatic rings. The molecule has 1 aromatic carbocycles. The van der Waals surface area contributed by atoms with E-state index >= 15 is 0 Å². The van der Waals surface area contributed by atoms with Crippen molar-refractivity contribution in [1.29, 1.82) is 5.26 Å². The standard InChI is InChI=1S/C11H6FN3O/c12-8-2-1-3-9(6-8)15-5-4-14-10(7-13)11(15)16/h1-6H. The van der Waals surface area contributed by atoms with Gasteiger partial charge in [-0.2, -0.15) is 5.26 Å². The van der Waals surface area contributed by atoms with Gasteiger partial charge in [-0.3, -0.25) is 9.36 Å². The van der Waals surface area contributed by atoms with Gasteiger partial charge in [0.05, 0.1) is 5.69 Å². The fraction of sp³-hybridized carbons (Fsp3) is 0. The Hall–Kier alpha value is -2.48. The zero-order chi connectivity index (χ0) is 11.5. The van der Waals surface area contributed by atoms with E-state index in [4.69, 9.17) is 5.26 Å². The quantitative estimate of drug-likeness (QED) is 0.719. The molecule has 2 rings (SSSR count). The van der Waals surface area contributed by atoms with Gasteiger partial charge in [-0.1, -0.05) is 6.07 Å². The summed E-state index contributed by atoms with van der Waals surface area (Å²) >= 11 is 0. The molecule has 5 heteroatoms. The molecule has 0 aliphatic carbocycles. The summed E-state index contributed by atoms with van der Waals surface area (Å²) in [7, 11) is 0. The van der Waals surface area contributed by atoms with Crippen LogP contribution in [0.3, 0.4) is 0 Å². The van der Waals surface area contributed by atoms with Gasteiger partial charge in [0.1, 0.15) is 11.9 Å². The third kappa shape index (κ3) is 1.68. The van der Waals surface area contributed by atoms with Crippen LogP contribution >= 0.6 is 0 Å². The molecule has 0 radical (unpaired) electrons.